The predicted octanol–water partition coefficient (Wildman–Crippen LogP) is 1.97. The third kappa shape index (κ3) is 2.14. The van der Waals surface area contributed by atoms with E-state index in [1.807, 2.05) is 23.6 Å². The topological polar surface area (TPSA) is 54.0 Å². The molecular formula is C13H13N3OS. The fourth-order valence-corrected chi connectivity index (χ4v) is 2.74. The molecule has 1 atom stereocenters. The molecule has 18 heavy (non-hydrogen) atoms. The average molecular weight is 259 g/mol. The molecule has 1 aliphatic rings. The largest absolute Gasteiger partial charge is 0.312 e. The number of thiazole rings is 1. The van der Waals surface area contributed by atoms with Crippen LogP contribution in [0.4, 0.5) is 5.13 Å². The number of hydrogen-bond donors (Lipinski definition) is 2. The van der Waals surface area contributed by atoms with Crippen LogP contribution in [0.1, 0.15) is 17.0 Å². The lowest BCUT2D eigenvalue weighted by Crippen LogP contribution is -2.35. The number of fused-ring (bicyclic) bond motifs is 1. The molecule has 0 spiro atoms. The fraction of sp³-hybridized carbons (Fsp3) is 0.231. The van der Waals surface area contributed by atoms with Crippen LogP contribution in [-0.4, -0.2) is 17.4 Å². The first-order chi connectivity index (χ1) is 8.84. The van der Waals surface area contributed by atoms with Crippen molar-refractivity contribution >= 4 is 22.4 Å². The Bertz CT molecular complexity index is 553. The zero-order valence-corrected chi connectivity index (χ0v) is 10.5. The lowest BCUT2D eigenvalue weighted by molar-refractivity contribution is -0.117. The van der Waals surface area contributed by atoms with Gasteiger partial charge in [-0.25, -0.2) is 4.98 Å². The molecule has 3 rings (SSSR count). The van der Waals surface area contributed by atoms with Gasteiger partial charge in [-0.05, 0) is 11.1 Å². The molecule has 0 saturated heterocycles. The van der Waals surface area contributed by atoms with Gasteiger partial charge in [0.25, 0.3) is 0 Å². The van der Waals surface area contributed by atoms with E-state index in [0.717, 1.165) is 12.1 Å². The Morgan fingerprint density at radius 2 is 2.33 bits per heavy atom. The monoisotopic (exact) mass is 259 g/mol. The van der Waals surface area contributed by atoms with Crippen molar-refractivity contribution in [3.63, 3.8) is 0 Å². The summed E-state index contributed by atoms with van der Waals surface area (Å²) in [5, 5.41) is 8.64. The lowest BCUT2D eigenvalue weighted by Gasteiger charge is -2.25. The van der Waals surface area contributed by atoms with E-state index in [4.69, 9.17) is 0 Å². The summed E-state index contributed by atoms with van der Waals surface area (Å²) in [5.41, 5.74) is 2.31. The van der Waals surface area contributed by atoms with Crippen LogP contribution in [0.2, 0.25) is 0 Å². The molecule has 1 aromatic carbocycles. The molecule has 0 saturated carbocycles. The molecule has 0 aliphatic carbocycles. The van der Waals surface area contributed by atoms with Crippen LogP contribution in [0.25, 0.3) is 0 Å². The Kier molecular flexibility index (Phi) is 3.08. The molecule has 92 valence electrons. The van der Waals surface area contributed by atoms with E-state index in [2.05, 4.69) is 21.7 Å². The maximum absolute atomic E-state index is 12.2. The minimum Gasteiger partial charge on any atom is -0.312 e. The standard InChI is InChI=1S/C13H13N3OS/c17-12(16-13-15-5-6-18-13)11-8-14-7-9-3-1-2-4-10(9)11/h1-6,11,14H,7-8H2,(H,15,16,17). The van der Waals surface area contributed by atoms with E-state index >= 15 is 0 Å². The quantitative estimate of drug-likeness (QED) is 0.867. The summed E-state index contributed by atoms with van der Waals surface area (Å²) in [5.74, 6) is -0.136. The Labute approximate surface area is 109 Å². The summed E-state index contributed by atoms with van der Waals surface area (Å²) in [6.45, 7) is 1.51. The predicted molar refractivity (Wildman–Crippen MR) is 71.6 cm³/mol. The molecule has 0 radical (unpaired) electrons. The van der Waals surface area contributed by atoms with E-state index in [1.165, 1.54) is 16.9 Å². The summed E-state index contributed by atoms with van der Waals surface area (Å²) in [4.78, 5) is 16.3. The van der Waals surface area contributed by atoms with Crippen LogP contribution in [0.15, 0.2) is 35.8 Å². The van der Waals surface area contributed by atoms with Crippen molar-refractivity contribution in [3.05, 3.63) is 47.0 Å². The molecule has 2 heterocycles. The zero-order valence-electron chi connectivity index (χ0n) is 9.72. The van der Waals surface area contributed by atoms with Crippen LogP contribution in [-0.2, 0) is 11.3 Å². The highest BCUT2D eigenvalue weighted by molar-refractivity contribution is 7.13. The summed E-state index contributed by atoms with van der Waals surface area (Å²) in [6, 6.07) is 8.07. The third-order valence-electron chi connectivity index (χ3n) is 3.07. The van der Waals surface area contributed by atoms with Crippen molar-refractivity contribution in [1.82, 2.24) is 10.3 Å². The van der Waals surface area contributed by atoms with Gasteiger partial charge in [0.1, 0.15) is 0 Å². The molecule has 2 N–H and O–H groups in total. The number of rotatable bonds is 2. The van der Waals surface area contributed by atoms with Gasteiger partial charge in [-0.3, -0.25) is 4.79 Å². The second kappa shape index (κ2) is 4.88. The maximum atomic E-state index is 12.2. The number of carbonyl (C=O) groups excluding carboxylic acids is 1. The van der Waals surface area contributed by atoms with E-state index in [1.54, 1.807) is 6.20 Å². The molecule has 5 heteroatoms. The van der Waals surface area contributed by atoms with Crippen molar-refractivity contribution in [3.8, 4) is 0 Å². The van der Waals surface area contributed by atoms with Gasteiger partial charge in [-0.1, -0.05) is 24.3 Å². The first-order valence-electron chi connectivity index (χ1n) is 5.83. The van der Waals surface area contributed by atoms with Gasteiger partial charge in [0.05, 0.1) is 5.92 Å². The van der Waals surface area contributed by atoms with Gasteiger partial charge in [-0.15, -0.1) is 11.3 Å². The summed E-state index contributed by atoms with van der Waals surface area (Å²) in [7, 11) is 0. The highest BCUT2D eigenvalue weighted by Crippen LogP contribution is 2.25. The molecule has 4 nitrogen and oxygen atoms in total. The molecule has 1 unspecified atom stereocenters. The number of aromatic nitrogens is 1. The number of carbonyl (C=O) groups is 1. The molecule has 1 aliphatic heterocycles. The highest BCUT2D eigenvalue weighted by Gasteiger charge is 2.26. The number of anilines is 1. The smallest absolute Gasteiger partial charge is 0.235 e. The summed E-state index contributed by atoms with van der Waals surface area (Å²) < 4.78 is 0. The van der Waals surface area contributed by atoms with Crippen molar-refractivity contribution in [1.29, 1.82) is 0 Å². The summed E-state index contributed by atoms with van der Waals surface area (Å²) in [6.07, 6.45) is 1.69. The van der Waals surface area contributed by atoms with E-state index < -0.39 is 0 Å². The van der Waals surface area contributed by atoms with Crippen molar-refractivity contribution in [2.45, 2.75) is 12.5 Å². The number of amides is 1. The van der Waals surface area contributed by atoms with Gasteiger partial charge >= 0.3 is 0 Å². The first-order valence-corrected chi connectivity index (χ1v) is 6.71. The second-order valence-corrected chi connectivity index (χ2v) is 5.10. The second-order valence-electron chi connectivity index (χ2n) is 4.21. The molecule has 1 aromatic heterocycles. The van der Waals surface area contributed by atoms with E-state index in [0.29, 0.717) is 11.7 Å². The van der Waals surface area contributed by atoms with Crippen LogP contribution >= 0.6 is 11.3 Å². The minimum absolute atomic E-state index is 0.00426. The maximum Gasteiger partial charge on any atom is 0.235 e. The van der Waals surface area contributed by atoms with Crippen molar-refractivity contribution in [2.24, 2.45) is 0 Å². The molecule has 1 amide bonds. The highest BCUT2D eigenvalue weighted by atomic mass is 32.1. The molecule has 0 fully saturated rings. The molecule has 0 bridgehead atoms. The zero-order chi connectivity index (χ0) is 12.4. The normalized spacial score (nSPS) is 18.1. The van der Waals surface area contributed by atoms with Crippen LogP contribution in [0.5, 0.6) is 0 Å². The number of benzene rings is 1. The van der Waals surface area contributed by atoms with Crippen molar-refractivity contribution in [2.75, 3.05) is 11.9 Å². The van der Waals surface area contributed by atoms with Crippen LogP contribution in [0.3, 0.4) is 0 Å². The lowest BCUT2D eigenvalue weighted by atomic mass is 9.90. The Hall–Kier alpha value is -1.72. The van der Waals surface area contributed by atoms with Gasteiger partial charge in [0, 0.05) is 24.7 Å². The first kappa shape index (κ1) is 11.4. The van der Waals surface area contributed by atoms with E-state index in [9.17, 15) is 4.79 Å². The minimum atomic E-state index is -0.140. The van der Waals surface area contributed by atoms with Gasteiger partial charge in [0.2, 0.25) is 5.91 Å². The number of hydrogen-bond acceptors (Lipinski definition) is 4. The SMILES string of the molecule is O=C(Nc1nccs1)C1CNCc2ccccc21. The van der Waals surface area contributed by atoms with Gasteiger partial charge < -0.3 is 10.6 Å². The van der Waals surface area contributed by atoms with Crippen molar-refractivity contribution < 1.29 is 4.79 Å². The Balaban J connectivity index is 1.83. The van der Waals surface area contributed by atoms with Crippen LogP contribution in [0, 0.1) is 0 Å². The number of nitrogens with zero attached hydrogens (tertiary/aromatic N) is 1. The average Bonchev–Trinajstić information content (AvgIpc) is 2.91. The molecule has 2 aromatic rings. The number of nitrogens with one attached hydrogen (secondary N) is 2. The third-order valence-corrected chi connectivity index (χ3v) is 3.76. The molecular weight excluding hydrogens is 246 g/mol. The van der Waals surface area contributed by atoms with Gasteiger partial charge in [-0.2, -0.15) is 0 Å². The fourth-order valence-electron chi connectivity index (χ4n) is 2.21. The van der Waals surface area contributed by atoms with Gasteiger partial charge in [0.15, 0.2) is 5.13 Å². The Morgan fingerprint density at radius 1 is 1.44 bits per heavy atom. The Morgan fingerprint density at radius 3 is 3.17 bits per heavy atom. The summed E-state index contributed by atoms with van der Waals surface area (Å²) >= 11 is 1.43. The van der Waals surface area contributed by atoms with E-state index in [-0.39, 0.29) is 11.8 Å². The van der Waals surface area contributed by atoms with Crippen LogP contribution < -0.4 is 10.6 Å².